The number of aromatic nitrogens is 2. The van der Waals surface area contributed by atoms with Crippen molar-refractivity contribution < 1.29 is 14.1 Å². The van der Waals surface area contributed by atoms with E-state index in [0.29, 0.717) is 23.9 Å². The van der Waals surface area contributed by atoms with Gasteiger partial charge in [-0.15, -0.1) is 0 Å². The lowest BCUT2D eigenvalue weighted by Crippen LogP contribution is -2.31. The zero-order valence-corrected chi connectivity index (χ0v) is 12.6. The van der Waals surface area contributed by atoms with Crippen molar-refractivity contribution in [2.75, 3.05) is 12.9 Å². The SMILES string of the molecule is COC(=O)C(N)CCSCc1noc(-c2ccsc2)n1. The van der Waals surface area contributed by atoms with Crippen LogP contribution < -0.4 is 5.73 Å². The molecule has 1 atom stereocenters. The Balaban J connectivity index is 1.74. The van der Waals surface area contributed by atoms with Gasteiger partial charge in [0.2, 0.25) is 0 Å². The number of esters is 1. The summed E-state index contributed by atoms with van der Waals surface area (Å²) in [6, 6.07) is 1.36. The molecule has 0 spiro atoms. The Labute approximate surface area is 124 Å². The molecule has 20 heavy (non-hydrogen) atoms. The summed E-state index contributed by atoms with van der Waals surface area (Å²) in [5.41, 5.74) is 6.58. The van der Waals surface area contributed by atoms with Crippen molar-refractivity contribution in [3.05, 3.63) is 22.7 Å². The molecule has 0 amide bonds. The summed E-state index contributed by atoms with van der Waals surface area (Å²) in [6.45, 7) is 0. The van der Waals surface area contributed by atoms with Gasteiger partial charge in [0.05, 0.1) is 18.4 Å². The zero-order chi connectivity index (χ0) is 14.4. The van der Waals surface area contributed by atoms with Gasteiger partial charge in [0.25, 0.3) is 5.89 Å². The lowest BCUT2D eigenvalue weighted by atomic mass is 10.2. The predicted molar refractivity (Wildman–Crippen MR) is 78.4 cm³/mol. The molecule has 8 heteroatoms. The molecule has 2 aromatic rings. The van der Waals surface area contributed by atoms with Crippen LogP contribution in [0.15, 0.2) is 21.3 Å². The van der Waals surface area contributed by atoms with E-state index in [9.17, 15) is 4.79 Å². The summed E-state index contributed by atoms with van der Waals surface area (Å²) in [6.07, 6.45) is 0.562. The third-order valence-corrected chi connectivity index (χ3v) is 4.21. The lowest BCUT2D eigenvalue weighted by Gasteiger charge is -2.07. The highest BCUT2D eigenvalue weighted by molar-refractivity contribution is 7.98. The summed E-state index contributed by atoms with van der Waals surface area (Å²) in [5, 5.41) is 7.83. The number of methoxy groups -OCH3 is 1. The van der Waals surface area contributed by atoms with Crippen molar-refractivity contribution in [2.45, 2.75) is 18.2 Å². The van der Waals surface area contributed by atoms with Crippen LogP contribution in [-0.2, 0) is 15.3 Å². The Morgan fingerprint density at radius 2 is 2.50 bits per heavy atom. The summed E-state index contributed by atoms with van der Waals surface area (Å²) >= 11 is 3.19. The van der Waals surface area contributed by atoms with E-state index in [0.717, 1.165) is 11.3 Å². The second-order valence-electron chi connectivity index (χ2n) is 4.00. The topological polar surface area (TPSA) is 91.2 Å². The molecule has 2 N–H and O–H groups in total. The van der Waals surface area contributed by atoms with Crippen molar-refractivity contribution in [2.24, 2.45) is 5.73 Å². The van der Waals surface area contributed by atoms with Gasteiger partial charge in [-0.1, -0.05) is 5.16 Å². The molecule has 0 saturated heterocycles. The van der Waals surface area contributed by atoms with Crippen LogP contribution in [0, 0.1) is 0 Å². The van der Waals surface area contributed by atoms with Crippen molar-refractivity contribution in [3.63, 3.8) is 0 Å². The van der Waals surface area contributed by atoms with Crippen LogP contribution in [0.3, 0.4) is 0 Å². The summed E-state index contributed by atoms with van der Waals surface area (Å²) in [4.78, 5) is 15.4. The van der Waals surface area contributed by atoms with Crippen LogP contribution in [0.2, 0.25) is 0 Å². The number of nitrogens with zero attached hydrogens (tertiary/aromatic N) is 2. The van der Waals surface area contributed by atoms with E-state index in [4.69, 9.17) is 10.3 Å². The van der Waals surface area contributed by atoms with Gasteiger partial charge in [-0.25, -0.2) is 0 Å². The fourth-order valence-electron chi connectivity index (χ4n) is 1.46. The minimum Gasteiger partial charge on any atom is -0.468 e. The first-order valence-corrected chi connectivity index (χ1v) is 8.06. The van der Waals surface area contributed by atoms with Crippen molar-refractivity contribution in [3.8, 4) is 11.5 Å². The number of carbonyl (C=O) groups is 1. The molecule has 1 unspecified atom stereocenters. The van der Waals surface area contributed by atoms with Crippen molar-refractivity contribution >= 4 is 29.1 Å². The Hall–Kier alpha value is -1.38. The molecule has 0 aliphatic carbocycles. The van der Waals surface area contributed by atoms with Crippen LogP contribution in [-0.4, -0.2) is 35.0 Å². The fourth-order valence-corrected chi connectivity index (χ4v) is 2.95. The van der Waals surface area contributed by atoms with Gasteiger partial charge < -0.3 is 15.0 Å². The molecular formula is C12H15N3O3S2. The van der Waals surface area contributed by atoms with E-state index in [-0.39, 0.29) is 5.97 Å². The number of carbonyl (C=O) groups excluding carboxylic acids is 1. The van der Waals surface area contributed by atoms with Crippen molar-refractivity contribution in [1.82, 2.24) is 10.1 Å². The molecular weight excluding hydrogens is 298 g/mol. The monoisotopic (exact) mass is 313 g/mol. The minimum atomic E-state index is -0.570. The van der Waals surface area contributed by atoms with Gasteiger partial charge in [-0.05, 0) is 23.6 Å². The first kappa shape index (κ1) is 15.0. The number of rotatable bonds is 7. The third-order valence-electron chi connectivity index (χ3n) is 2.54. The van der Waals surface area contributed by atoms with Crippen LogP contribution in [0.1, 0.15) is 12.2 Å². The number of thioether (sulfide) groups is 1. The van der Waals surface area contributed by atoms with E-state index in [2.05, 4.69) is 14.9 Å². The highest BCUT2D eigenvalue weighted by atomic mass is 32.2. The molecule has 6 nitrogen and oxygen atoms in total. The first-order chi connectivity index (χ1) is 9.70. The normalized spacial score (nSPS) is 12.3. The van der Waals surface area contributed by atoms with E-state index < -0.39 is 6.04 Å². The van der Waals surface area contributed by atoms with Crippen LogP contribution >= 0.6 is 23.1 Å². The Bertz CT molecular complexity index is 542. The summed E-state index contributed by atoms with van der Waals surface area (Å²) in [5.74, 6) is 2.15. The molecule has 0 radical (unpaired) electrons. The number of hydrogen-bond acceptors (Lipinski definition) is 8. The Morgan fingerprint density at radius 1 is 1.65 bits per heavy atom. The maximum absolute atomic E-state index is 11.1. The molecule has 2 aromatic heterocycles. The Kier molecular flexibility index (Phi) is 5.57. The van der Waals surface area contributed by atoms with Crippen molar-refractivity contribution in [1.29, 1.82) is 0 Å². The summed E-state index contributed by atoms with van der Waals surface area (Å²) < 4.78 is 9.74. The Morgan fingerprint density at radius 3 is 3.20 bits per heavy atom. The number of ether oxygens (including phenoxy) is 1. The molecule has 2 rings (SSSR count). The minimum absolute atomic E-state index is 0.384. The summed E-state index contributed by atoms with van der Waals surface area (Å²) in [7, 11) is 1.33. The number of thiophene rings is 1. The van der Waals surface area contributed by atoms with E-state index in [1.54, 1.807) is 23.1 Å². The van der Waals surface area contributed by atoms with Crippen LogP contribution in [0.25, 0.3) is 11.5 Å². The largest absolute Gasteiger partial charge is 0.468 e. The van der Waals surface area contributed by atoms with Gasteiger partial charge in [0, 0.05) is 5.38 Å². The first-order valence-electron chi connectivity index (χ1n) is 5.97. The van der Waals surface area contributed by atoms with Gasteiger partial charge in [-0.3, -0.25) is 4.79 Å². The highest BCUT2D eigenvalue weighted by Gasteiger charge is 2.13. The van der Waals surface area contributed by atoms with E-state index in [1.165, 1.54) is 7.11 Å². The molecule has 0 aromatic carbocycles. The van der Waals surface area contributed by atoms with Gasteiger partial charge in [0.1, 0.15) is 6.04 Å². The molecule has 2 heterocycles. The van der Waals surface area contributed by atoms with Crippen LogP contribution in [0.5, 0.6) is 0 Å². The molecule has 0 bridgehead atoms. The zero-order valence-electron chi connectivity index (χ0n) is 10.9. The number of nitrogens with two attached hydrogens (primary N) is 1. The molecule has 0 aliphatic rings. The maximum atomic E-state index is 11.1. The molecule has 108 valence electrons. The van der Waals surface area contributed by atoms with E-state index >= 15 is 0 Å². The van der Waals surface area contributed by atoms with Gasteiger partial charge in [-0.2, -0.15) is 28.1 Å². The smallest absolute Gasteiger partial charge is 0.322 e. The standard InChI is InChI=1S/C12H15N3O3S2/c1-17-12(16)9(13)3-5-20-7-10-14-11(18-15-10)8-2-4-19-6-8/h2,4,6,9H,3,5,7,13H2,1H3. The fraction of sp³-hybridized carbons (Fsp3) is 0.417. The quantitative estimate of drug-likeness (QED) is 0.616. The van der Waals surface area contributed by atoms with E-state index in [1.807, 2.05) is 16.8 Å². The van der Waals surface area contributed by atoms with Crippen LogP contribution in [0.4, 0.5) is 0 Å². The lowest BCUT2D eigenvalue weighted by molar-refractivity contribution is -0.142. The molecule has 0 fully saturated rings. The average molecular weight is 313 g/mol. The van der Waals surface area contributed by atoms with Gasteiger partial charge in [0.15, 0.2) is 5.82 Å². The molecule has 0 aliphatic heterocycles. The molecule has 0 saturated carbocycles. The number of hydrogen-bond donors (Lipinski definition) is 1. The second kappa shape index (κ2) is 7.41. The highest BCUT2D eigenvalue weighted by Crippen LogP contribution is 2.21. The maximum Gasteiger partial charge on any atom is 0.322 e. The third kappa shape index (κ3) is 4.06. The predicted octanol–water partition coefficient (Wildman–Crippen LogP) is 1.92. The average Bonchev–Trinajstić information content (AvgIpc) is 3.12. The second-order valence-corrected chi connectivity index (χ2v) is 5.88. The van der Waals surface area contributed by atoms with Gasteiger partial charge >= 0.3 is 5.97 Å².